The van der Waals surface area contributed by atoms with Crippen LogP contribution in [0.2, 0.25) is 0 Å². The Labute approximate surface area is 107 Å². The first-order valence-electron chi connectivity index (χ1n) is 6.90. The van der Waals surface area contributed by atoms with Crippen LogP contribution in [0.1, 0.15) is 39.7 Å². The van der Waals surface area contributed by atoms with E-state index in [2.05, 4.69) is 63.3 Å². The molecule has 1 nitrogen and oxygen atoms in total. The fourth-order valence-corrected chi connectivity index (χ4v) is 1.85. The molecule has 0 bridgehead atoms. The minimum absolute atomic E-state index is 0.610. The molecule has 0 amide bonds. The van der Waals surface area contributed by atoms with Crippen LogP contribution in [0.5, 0.6) is 0 Å². The minimum Gasteiger partial charge on any atom is -0.313 e. The molecule has 1 heteroatoms. The Morgan fingerprint density at radius 3 is 2.24 bits per heavy atom. The third kappa shape index (κ3) is 5.36. The lowest BCUT2D eigenvalue weighted by atomic mass is 9.97. The van der Waals surface area contributed by atoms with Gasteiger partial charge in [0.25, 0.3) is 0 Å². The van der Waals surface area contributed by atoms with Crippen LogP contribution in [0.15, 0.2) is 30.3 Å². The monoisotopic (exact) mass is 233 g/mol. The van der Waals surface area contributed by atoms with Gasteiger partial charge in [-0.2, -0.15) is 0 Å². The van der Waals surface area contributed by atoms with Gasteiger partial charge in [0.1, 0.15) is 0 Å². The van der Waals surface area contributed by atoms with E-state index in [1.807, 2.05) is 0 Å². The summed E-state index contributed by atoms with van der Waals surface area (Å²) in [6.07, 6.45) is 2.34. The number of nitrogens with one attached hydrogen (secondary N) is 1. The standard InChI is InChI=1S/C16H27N/c1-5-16(17-12-14(4)13(2)3)11-15-9-7-6-8-10-15/h6-10,13-14,16-17H,5,11-12H2,1-4H3. The lowest BCUT2D eigenvalue weighted by Gasteiger charge is -2.22. The van der Waals surface area contributed by atoms with E-state index in [-0.39, 0.29) is 0 Å². The van der Waals surface area contributed by atoms with Crippen molar-refractivity contribution in [1.29, 1.82) is 0 Å². The molecule has 2 unspecified atom stereocenters. The smallest absolute Gasteiger partial charge is 0.0105 e. The second-order valence-corrected chi connectivity index (χ2v) is 5.42. The topological polar surface area (TPSA) is 12.0 Å². The molecule has 0 aliphatic heterocycles. The molecule has 0 saturated carbocycles. The van der Waals surface area contributed by atoms with E-state index >= 15 is 0 Å². The first-order valence-corrected chi connectivity index (χ1v) is 6.90. The zero-order chi connectivity index (χ0) is 12.7. The van der Waals surface area contributed by atoms with Crippen LogP contribution < -0.4 is 5.32 Å². The van der Waals surface area contributed by atoms with Crippen LogP contribution >= 0.6 is 0 Å². The summed E-state index contributed by atoms with van der Waals surface area (Å²) in [6.45, 7) is 10.3. The van der Waals surface area contributed by atoms with Crippen LogP contribution in [-0.4, -0.2) is 12.6 Å². The molecule has 0 aromatic heterocycles. The first kappa shape index (κ1) is 14.2. The van der Waals surface area contributed by atoms with E-state index in [9.17, 15) is 0 Å². The number of hydrogen-bond donors (Lipinski definition) is 1. The van der Waals surface area contributed by atoms with Gasteiger partial charge in [-0.15, -0.1) is 0 Å². The minimum atomic E-state index is 0.610. The van der Waals surface area contributed by atoms with E-state index in [1.165, 1.54) is 12.0 Å². The predicted octanol–water partition coefficient (Wildman–Crippen LogP) is 3.89. The molecule has 0 aliphatic carbocycles. The molecular weight excluding hydrogens is 206 g/mol. The SMILES string of the molecule is CCC(Cc1ccccc1)NCC(C)C(C)C. The average Bonchev–Trinajstić information content (AvgIpc) is 2.35. The maximum absolute atomic E-state index is 3.70. The zero-order valence-electron chi connectivity index (χ0n) is 11.7. The number of rotatable bonds is 7. The summed E-state index contributed by atoms with van der Waals surface area (Å²) < 4.78 is 0. The second-order valence-electron chi connectivity index (χ2n) is 5.42. The molecule has 1 aromatic carbocycles. The zero-order valence-corrected chi connectivity index (χ0v) is 11.7. The van der Waals surface area contributed by atoms with Gasteiger partial charge < -0.3 is 5.32 Å². The lowest BCUT2D eigenvalue weighted by Crippen LogP contribution is -2.35. The maximum Gasteiger partial charge on any atom is 0.0105 e. The van der Waals surface area contributed by atoms with Crippen LogP contribution in [0.25, 0.3) is 0 Å². The number of hydrogen-bond acceptors (Lipinski definition) is 1. The molecule has 0 saturated heterocycles. The molecule has 0 heterocycles. The van der Waals surface area contributed by atoms with Gasteiger partial charge in [-0.25, -0.2) is 0 Å². The van der Waals surface area contributed by atoms with Crippen LogP contribution in [0.4, 0.5) is 0 Å². The Kier molecular flexibility index (Phi) is 6.28. The average molecular weight is 233 g/mol. The summed E-state index contributed by atoms with van der Waals surface area (Å²) in [5.74, 6) is 1.51. The Balaban J connectivity index is 2.39. The van der Waals surface area contributed by atoms with Gasteiger partial charge in [-0.1, -0.05) is 58.0 Å². The molecule has 0 aliphatic rings. The third-order valence-electron chi connectivity index (χ3n) is 3.68. The molecule has 1 rings (SSSR count). The number of benzene rings is 1. The highest BCUT2D eigenvalue weighted by Gasteiger charge is 2.11. The highest BCUT2D eigenvalue weighted by atomic mass is 14.9. The van der Waals surface area contributed by atoms with Crippen molar-refractivity contribution in [3.8, 4) is 0 Å². The molecular formula is C16H27N. The fourth-order valence-electron chi connectivity index (χ4n) is 1.85. The molecule has 96 valence electrons. The van der Waals surface area contributed by atoms with Gasteiger partial charge in [0.05, 0.1) is 0 Å². The maximum atomic E-state index is 3.70. The van der Waals surface area contributed by atoms with E-state index in [4.69, 9.17) is 0 Å². The summed E-state index contributed by atoms with van der Waals surface area (Å²) >= 11 is 0. The Bertz CT molecular complexity index is 292. The van der Waals surface area contributed by atoms with Crippen molar-refractivity contribution in [3.63, 3.8) is 0 Å². The summed E-state index contributed by atoms with van der Waals surface area (Å²) in [7, 11) is 0. The Morgan fingerprint density at radius 2 is 1.71 bits per heavy atom. The van der Waals surface area contributed by atoms with Crippen molar-refractivity contribution < 1.29 is 0 Å². The van der Waals surface area contributed by atoms with Crippen molar-refractivity contribution >= 4 is 0 Å². The van der Waals surface area contributed by atoms with Gasteiger partial charge in [0, 0.05) is 6.04 Å². The lowest BCUT2D eigenvalue weighted by molar-refractivity contribution is 0.362. The Hall–Kier alpha value is -0.820. The largest absolute Gasteiger partial charge is 0.313 e. The summed E-state index contributed by atoms with van der Waals surface area (Å²) in [5.41, 5.74) is 1.43. The van der Waals surface area contributed by atoms with Crippen LogP contribution in [0, 0.1) is 11.8 Å². The van der Waals surface area contributed by atoms with Crippen molar-refractivity contribution in [2.75, 3.05) is 6.54 Å². The van der Waals surface area contributed by atoms with Gasteiger partial charge in [0.15, 0.2) is 0 Å². The van der Waals surface area contributed by atoms with Gasteiger partial charge in [-0.3, -0.25) is 0 Å². The third-order valence-corrected chi connectivity index (χ3v) is 3.68. The molecule has 17 heavy (non-hydrogen) atoms. The van der Waals surface area contributed by atoms with E-state index < -0.39 is 0 Å². The van der Waals surface area contributed by atoms with Crippen LogP contribution in [-0.2, 0) is 6.42 Å². The highest BCUT2D eigenvalue weighted by Crippen LogP contribution is 2.10. The molecule has 0 radical (unpaired) electrons. The van der Waals surface area contributed by atoms with Crippen molar-refractivity contribution in [3.05, 3.63) is 35.9 Å². The summed E-state index contributed by atoms with van der Waals surface area (Å²) in [6, 6.07) is 11.4. The van der Waals surface area contributed by atoms with Crippen LogP contribution in [0.3, 0.4) is 0 Å². The van der Waals surface area contributed by atoms with Gasteiger partial charge >= 0.3 is 0 Å². The summed E-state index contributed by atoms with van der Waals surface area (Å²) in [4.78, 5) is 0. The molecule has 0 spiro atoms. The first-order chi connectivity index (χ1) is 8.13. The second kappa shape index (κ2) is 7.50. The van der Waals surface area contributed by atoms with E-state index in [0.717, 1.165) is 24.8 Å². The Morgan fingerprint density at radius 1 is 1.06 bits per heavy atom. The van der Waals surface area contributed by atoms with E-state index in [1.54, 1.807) is 0 Å². The van der Waals surface area contributed by atoms with Crippen molar-refractivity contribution in [2.45, 2.75) is 46.6 Å². The highest BCUT2D eigenvalue weighted by molar-refractivity contribution is 5.15. The molecule has 1 N–H and O–H groups in total. The summed E-state index contributed by atoms with van der Waals surface area (Å²) in [5, 5.41) is 3.70. The quantitative estimate of drug-likeness (QED) is 0.753. The molecule has 0 fully saturated rings. The fraction of sp³-hybridized carbons (Fsp3) is 0.625. The molecule has 1 aromatic rings. The van der Waals surface area contributed by atoms with Gasteiger partial charge in [0.2, 0.25) is 0 Å². The predicted molar refractivity (Wildman–Crippen MR) is 76.2 cm³/mol. The van der Waals surface area contributed by atoms with Crippen molar-refractivity contribution in [2.24, 2.45) is 11.8 Å². The normalized spacial score (nSPS) is 14.9. The van der Waals surface area contributed by atoms with E-state index in [0.29, 0.717) is 6.04 Å². The van der Waals surface area contributed by atoms with Gasteiger partial charge in [-0.05, 0) is 36.8 Å². The molecule has 2 atom stereocenters. The van der Waals surface area contributed by atoms with Crippen molar-refractivity contribution in [1.82, 2.24) is 5.32 Å².